The van der Waals surface area contributed by atoms with Crippen molar-refractivity contribution in [3.05, 3.63) is 28.8 Å². The molecule has 7 heteroatoms. The summed E-state index contributed by atoms with van der Waals surface area (Å²) in [6.45, 7) is 2.38. The van der Waals surface area contributed by atoms with Crippen molar-refractivity contribution in [1.29, 1.82) is 5.26 Å². The van der Waals surface area contributed by atoms with Crippen LogP contribution in [0, 0.1) is 17.2 Å². The van der Waals surface area contributed by atoms with E-state index in [0.717, 1.165) is 0 Å². The largest absolute Gasteiger partial charge is 0.393 e. The third kappa shape index (κ3) is 2.81. The fraction of sp³-hybridized carbons (Fsp3) is 0.462. The van der Waals surface area contributed by atoms with Crippen molar-refractivity contribution in [2.24, 2.45) is 5.92 Å². The Morgan fingerprint density at radius 3 is 2.75 bits per heavy atom. The summed E-state index contributed by atoms with van der Waals surface area (Å²) in [5, 5.41) is 18.6. The molecule has 1 N–H and O–H groups in total. The van der Waals surface area contributed by atoms with E-state index in [1.165, 1.54) is 22.5 Å². The van der Waals surface area contributed by atoms with E-state index in [4.69, 9.17) is 16.9 Å². The Morgan fingerprint density at radius 1 is 1.50 bits per heavy atom. The van der Waals surface area contributed by atoms with Gasteiger partial charge in [-0.2, -0.15) is 9.57 Å². The molecule has 0 spiro atoms. The lowest BCUT2D eigenvalue weighted by molar-refractivity contribution is 0.0628. The van der Waals surface area contributed by atoms with Gasteiger partial charge in [0.2, 0.25) is 10.0 Å². The van der Waals surface area contributed by atoms with E-state index >= 15 is 0 Å². The van der Waals surface area contributed by atoms with Gasteiger partial charge >= 0.3 is 0 Å². The fourth-order valence-corrected chi connectivity index (χ4v) is 4.08. The monoisotopic (exact) mass is 314 g/mol. The number of piperidine rings is 1. The Kier molecular flexibility index (Phi) is 4.35. The molecule has 2 rings (SSSR count). The molecule has 0 radical (unpaired) electrons. The van der Waals surface area contributed by atoms with E-state index < -0.39 is 16.1 Å². The summed E-state index contributed by atoms with van der Waals surface area (Å²) >= 11 is 5.88. The van der Waals surface area contributed by atoms with Crippen molar-refractivity contribution >= 4 is 21.6 Å². The average molecular weight is 315 g/mol. The number of aliphatic hydroxyl groups is 1. The second-order valence-corrected chi connectivity index (χ2v) is 7.29. The third-order valence-corrected chi connectivity index (χ3v) is 5.70. The maximum absolute atomic E-state index is 12.5. The predicted molar refractivity (Wildman–Crippen MR) is 74.7 cm³/mol. The van der Waals surface area contributed by atoms with Crippen molar-refractivity contribution in [2.45, 2.75) is 24.3 Å². The number of halogens is 1. The Balaban J connectivity index is 2.31. The van der Waals surface area contributed by atoms with E-state index in [0.29, 0.717) is 6.42 Å². The first-order valence-electron chi connectivity index (χ1n) is 6.24. The van der Waals surface area contributed by atoms with Crippen LogP contribution < -0.4 is 0 Å². The fourth-order valence-electron chi connectivity index (χ4n) is 2.21. The summed E-state index contributed by atoms with van der Waals surface area (Å²) in [5.41, 5.74) is 0.244. The molecule has 5 nitrogen and oxygen atoms in total. The molecule has 0 aliphatic carbocycles. The van der Waals surface area contributed by atoms with E-state index in [-0.39, 0.29) is 34.5 Å². The Bertz CT molecular complexity index is 654. The molecule has 1 aliphatic heterocycles. The zero-order valence-corrected chi connectivity index (χ0v) is 12.5. The molecule has 2 atom stereocenters. The van der Waals surface area contributed by atoms with Crippen LogP contribution in [0.5, 0.6) is 0 Å². The normalized spacial score (nSPS) is 24.3. The molecule has 1 aromatic rings. The highest BCUT2D eigenvalue weighted by Crippen LogP contribution is 2.26. The number of benzene rings is 1. The Hall–Kier alpha value is -1.13. The highest BCUT2D eigenvalue weighted by Gasteiger charge is 2.32. The summed E-state index contributed by atoms with van der Waals surface area (Å²) in [5.74, 6) is -0.104. The second kappa shape index (κ2) is 5.70. The zero-order valence-electron chi connectivity index (χ0n) is 11.0. The standard InChI is InChI=1S/C13H15ClN2O3S/c1-9-8-16(5-4-13(9)17)20(18,19)11-3-2-10(7-15)12(14)6-11/h2-3,6,9,13,17H,4-5,8H2,1H3. The first-order chi connectivity index (χ1) is 9.36. The maximum atomic E-state index is 12.5. The van der Waals surface area contributed by atoms with E-state index in [9.17, 15) is 13.5 Å². The van der Waals surface area contributed by atoms with Crippen LogP contribution in [-0.4, -0.2) is 37.0 Å². The lowest BCUT2D eigenvalue weighted by atomic mass is 9.99. The molecule has 0 amide bonds. The van der Waals surface area contributed by atoms with Crippen LogP contribution in [0.3, 0.4) is 0 Å². The molecule has 1 heterocycles. The van der Waals surface area contributed by atoms with Crippen LogP contribution in [0.4, 0.5) is 0 Å². The number of nitriles is 1. The van der Waals surface area contributed by atoms with Crippen LogP contribution >= 0.6 is 11.6 Å². The van der Waals surface area contributed by atoms with Crippen LogP contribution in [0.2, 0.25) is 5.02 Å². The topological polar surface area (TPSA) is 81.4 Å². The Morgan fingerprint density at radius 2 is 2.20 bits per heavy atom. The first-order valence-corrected chi connectivity index (χ1v) is 8.06. The molecule has 108 valence electrons. The second-order valence-electron chi connectivity index (χ2n) is 4.95. The van der Waals surface area contributed by atoms with Crippen LogP contribution in [0.25, 0.3) is 0 Å². The van der Waals surface area contributed by atoms with Gasteiger partial charge in [-0.05, 0) is 30.5 Å². The molecule has 20 heavy (non-hydrogen) atoms. The van der Waals surface area contributed by atoms with Gasteiger partial charge in [0.25, 0.3) is 0 Å². The van der Waals surface area contributed by atoms with E-state index in [1.807, 2.05) is 13.0 Å². The average Bonchev–Trinajstić information content (AvgIpc) is 2.41. The molecular weight excluding hydrogens is 300 g/mol. The molecule has 1 aromatic carbocycles. The highest BCUT2D eigenvalue weighted by molar-refractivity contribution is 7.89. The zero-order chi connectivity index (χ0) is 14.9. The summed E-state index contributed by atoms with van der Waals surface area (Å²) in [7, 11) is -3.64. The highest BCUT2D eigenvalue weighted by atomic mass is 35.5. The first kappa shape index (κ1) is 15.3. The molecule has 1 saturated heterocycles. The van der Waals surface area contributed by atoms with Crippen molar-refractivity contribution in [3.8, 4) is 6.07 Å². The van der Waals surface area contributed by atoms with Gasteiger partial charge in [-0.15, -0.1) is 0 Å². The molecule has 0 saturated carbocycles. The molecule has 0 bridgehead atoms. The summed E-state index contributed by atoms with van der Waals surface area (Å²) in [6, 6.07) is 5.97. The predicted octanol–water partition coefficient (Wildman–Crippen LogP) is 1.60. The minimum absolute atomic E-state index is 0.0742. The van der Waals surface area contributed by atoms with Gasteiger partial charge in [-0.25, -0.2) is 8.42 Å². The van der Waals surface area contributed by atoms with Crippen molar-refractivity contribution in [1.82, 2.24) is 4.31 Å². The third-order valence-electron chi connectivity index (χ3n) is 3.52. The van der Waals surface area contributed by atoms with Crippen molar-refractivity contribution < 1.29 is 13.5 Å². The van der Waals surface area contributed by atoms with Gasteiger partial charge in [-0.1, -0.05) is 18.5 Å². The summed E-state index contributed by atoms with van der Waals surface area (Å²) in [4.78, 5) is 0.0742. The van der Waals surface area contributed by atoms with Gasteiger partial charge in [0.05, 0.1) is 21.6 Å². The number of sulfonamides is 1. The van der Waals surface area contributed by atoms with Crippen LogP contribution in [0.15, 0.2) is 23.1 Å². The Labute approximate surface area is 123 Å². The lowest BCUT2D eigenvalue weighted by Gasteiger charge is -2.33. The van der Waals surface area contributed by atoms with Gasteiger partial charge in [-0.3, -0.25) is 0 Å². The van der Waals surface area contributed by atoms with E-state index in [1.54, 1.807) is 0 Å². The number of hydrogen-bond acceptors (Lipinski definition) is 4. The number of aliphatic hydroxyl groups excluding tert-OH is 1. The summed E-state index contributed by atoms with van der Waals surface area (Å²) in [6.07, 6.45) is -0.0456. The quantitative estimate of drug-likeness (QED) is 0.899. The van der Waals surface area contributed by atoms with Gasteiger partial charge in [0, 0.05) is 13.1 Å². The molecule has 2 unspecified atom stereocenters. The minimum atomic E-state index is -3.64. The molecule has 0 aromatic heterocycles. The minimum Gasteiger partial charge on any atom is -0.393 e. The maximum Gasteiger partial charge on any atom is 0.243 e. The van der Waals surface area contributed by atoms with E-state index in [2.05, 4.69) is 0 Å². The van der Waals surface area contributed by atoms with Gasteiger partial charge in [0.1, 0.15) is 6.07 Å². The smallest absolute Gasteiger partial charge is 0.243 e. The molecular formula is C13H15ClN2O3S. The van der Waals surface area contributed by atoms with Crippen LogP contribution in [-0.2, 0) is 10.0 Å². The summed E-state index contributed by atoms with van der Waals surface area (Å²) < 4.78 is 26.3. The SMILES string of the molecule is CC1CN(S(=O)(=O)c2ccc(C#N)c(Cl)c2)CCC1O. The van der Waals surface area contributed by atoms with Gasteiger partial charge < -0.3 is 5.11 Å². The molecule has 1 fully saturated rings. The molecule has 1 aliphatic rings. The van der Waals surface area contributed by atoms with Gasteiger partial charge in [0.15, 0.2) is 0 Å². The number of rotatable bonds is 2. The number of hydrogen-bond donors (Lipinski definition) is 1. The lowest BCUT2D eigenvalue weighted by Crippen LogP contribution is -2.44. The van der Waals surface area contributed by atoms with Crippen molar-refractivity contribution in [2.75, 3.05) is 13.1 Å². The van der Waals surface area contributed by atoms with Crippen molar-refractivity contribution in [3.63, 3.8) is 0 Å². The van der Waals surface area contributed by atoms with Crippen LogP contribution in [0.1, 0.15) is 18.9 Å². The number of nitrogens with zero attached hydrogens (tertiary/aromatic N) is 2.